The number of anilines is 1. The molecular weight excluding hydrogens is 334 g/mol. The highest BCUT2D eigenvalue weighted by molar-refractivity contribution is 9.10. The van der Waals surface area contributed by atoms with Crippen LogP contribution in [0, 0.1) is 13.8 Å². The second-order valence-electron chi connectivity index (χ2n) is 4.80. The second-order valence-corrected chi connectivity index (χ2v) is 5.59. The molecule has 0 spiro atoms. The van der Waals surface area contributed by atoms with Crippen LogP contribution >= 0.6 is 15.9 Å². The number of aryl methyl sites for hydroxylation is 2. The van der Waals surface area contributed by atoms with Gasteiger partial charge < -0.3 is 15.2 Å². The summed E-state index contributed by atoms with van der Waals surface area (Å²) >= 11 is 3.48. The van der Waals surface area contributed by atoms with Gasteiger partial charge in [0.1, 0.15) is 11.6 Å². The van der Waals surface area contributed by atoms with E-state index >= 15 is 0 Å². The zero-order valence-electron chi connectivity index (χ0n) is 12.5. The van der Waals surface area contributed by atoms with Crippen LogP contribution in [0.3, 0.4) is 0 Å². The van der Waals surface area contributed by atoms with E-state index in [0.717, 1.165) is 26.9 Å². The number of phenolic OH excluding ortho intramolecular Hbond substituents is 1. The van der Waals surface area contributed by atoms with Crippen LogP contribution in [0.15, 0.2) is 16.6 Å². The first-order chi connectivity index (χ1) is 9.97. The maximum atomic E-state index is 9.88. The second kappa shape index (κ2) is 6.41. The van der Waals surface area contributed by atoms with Gasteiger partial charge >= 0.3 is 0 Å². The number of nitrogens with one attached hydrogen (secondary N) is 1. The van der Waals surface area contributed by atoms with Gasteiger partial charge in [0.15, 0.2) is 5.82 Å². The first-order valence-electron chi connectivity index (χ1n) is 6.51. The number of rotatable bonds is 4. The van der Waals surface area contributed by atoms with E-state index < -0.39 is 0 Å². The van der Waals surface area contributed by atoms with Crippen molar-refractivity contribution in [2.75, 3.05) is 19.5 Å². The lowest BCUT2D eigenvalue weighted by Gasteiger charge is -2.12. The Kier molecular flexibility index (Phi) is 4.80. The van der Waals surface area contributed by atoms with Crippen LogP contribution in [0.5, 0.6) is 5.75 Å². The van der Waals surface area contributed by atoms with Crippen molar-refractivity contribution in [3.8, 4) is 17.1 Å². The molecule has 5 nitrogen and oxygen atoms in total. The van der Waals surface area contributed by atoms with Crippen molar-refractivity contribution in [2.45, 2.75) is 20.5 Å². The Labute approximate surface area is 132 Å². The Bertz CT molecular complexity index is 651. The number of ether oxygens (including phenoxy) is 1. The summed E-state index contributed by atoms with van der Waals surface area (Å²) in [7, 11) is 3.43. The van der Waals surface area contributed by atoms with Crippen LogP contribution in [0.1, 0.15) is 16.8 Å². The topological polar surface area (TPSA) is 67.3 Å². The SMILES string of the molecule is CNc1nc(-c2cc(C)c(O)c(C)c2)nc(COC)c1Br. The number of halogens is 1. The fourth-order valence-corrected chi connectivity index (χ4v) is 2.60. The van der Waals surface area contributed by atoms with Gasteiger partial charge in [-0.05, 0) is 53.0 Å². The van der Waals surface area contributed by atoms with E-state index in [9.17, 15) is 5.11 Å². The summed E-state index contributed by atoms with van der Waals surface area (Å²) in [5.41, 5.74) is 3.24. The third kappa shape index (κ3) is 3.16. The molecule has 21 heavy (non-hydrogen) atoms. The van der Waals surface area contributed by atoms with E-state index in [4.69, 9.17) is 4.74 Å². The molecule has 2 N–H and O–H groups in total. The van der Waals surface area contributed by atoms with Crippen LogP contribution in [-0.2, 0) is 11.3 Å². The number of benzene rings is 1. The molecule has 0 aliphatic rings. The summed E-state index contributed by atoms with van der Waals surface area (Å²) in [4.78, 5) is 9.06. The fraction of sp³-hybridized carbons (Fsp3) is 0.333. The predicted octanol–water partition coefficient (Wildman–Crippen LogP) is 3.42. The van der Waals surface area contributed by atoms with Crippen molar-refractivity contribution in [3.63, 3.8) is 0 Å². The minimum Gasteiger partial charge on any atom is -0.507 e. The first-order valence-corrected chi connectivity index (χ1v) is 7.31. The lowest BCUT2D eigenvalue weighted by molar-refractivity contribution is 0.181. The van der Waals surface area contributed by atoms with Gasteiger partial charge in [-0.2, -0.15) is 0 Å². The quantitative estimate of drug-likeness (QED) is 0.883. The zero-order valence-corrected chi connectivity index (χ0v) is 14.1. The average Bonchev–Trinajstić information content (AvgIpc) is 2.46. The van der Waals surface area contributed by atoms with Crippen molar-refractivity contribution in [1.29, 1.82) is 0 Å². The van der Waals surface area contributed by atoms with Crippen LogP contribution < -0.4 is 5.32 Å². The third-order valence-corrected chi connectivity index (χ3v) is 4.02. The van der Waals surface area contributed by atoms with Gasteiger partial charge in [-0.15, -0.1) is 0 Å². The number of phenols is 1. The van der Waals surface area contributed by atoms with Gasteiger partial charge in [0.25, 0.3) is 0 Å². The van der Waals surface area contributed by atoms with Crippen LogP contribution in [0.4, 0.5) is 5.82 Å². The van der Waals surface area contributed by atoms with Crippen molar-refractivity contribution in [2.24, 2.45) is 0 Å². The molecule has 0 saturated heterocycles. The number of aromatic hydroxyl groups is 1. The van der Waals surface area contributed by atoms with E-state index in [0.29, 0.717) is 24.0 Å². The highest BCUT2D eigenvalue weighted by Crippen LogP contribution is 2.31. The molecule has 1 aromatic carbocycles. The minimum absolute atomic E-state index is 0.307. The molecule has 2 aromatic rings. The van der Waals surface area contributed by atoms with Crippen molar-refractivity contribution in [1.82, 2.24) is 9.97 Å². The van der Waals surface area contributed by atoms with Gasteiger partial charge in [0, 0.05) is 19.7 Å². The van der Waals surface area contributed by atoms with Gasteiger partial charge in [-0.3, -0.25) is 0 Å². The molecule has 1 aromatic heterocycles. The standard InChI is InChI=1S/C15H18BrN3O2/c1-8-5-10(6-9(2)13(8)20)14-18-11(7-21-4)12(16)15(17-3)19-14/h5-6,20H,7H2,1-4H3,(H,17,18,19). The van der Waals surface area contributed by atoms with Crippen LogP contribution in [0.25, 0.3) is 11.4 Å². The van der Waals surface area contributed by atoms with E-state index in [-0.39, 0.29) is 0 Å². The molecule has 0 radical (unpaired) electrons. The molecule has 0 unspecified atom stereocenters. The molecule has 0 fully saturated rings. The van der Waals surface area contributed by atoms with Crippen molar-refractivity contribution in [3.05, 3.63) is 33.4 Å². The Hall–Kier alpha value is -1.66. The number of hydrogen-bond acceptors (Lipinski definition) is 5. The molecule has 2 rings (SSSR count). The number of aromatic nitrogens is 2. The zero-order chi connectivity index (χ0) is 15.6. The minimum atomic E-state index is 0.307. The predicted molar refractivity (Wildman–Crippen MR) is 86.6 cm³/mol. The van der Waals surface area contributed by atoms with Gasteiger partial charge in [-0.1, -0.05) is 0 Å². The van der Waals surface area contributed by atoms with Crippen molar-refractivity contribution < 1.29 is 9.84 Å². The average molecular weight is 352 g/mol. The van der Waals surface area contributed by atoms with Crippen molar-refractivity contribution >= 4 is 21.7 Å². The smallest absolute Gasteiger partial charge is 0.161 e. The van der Waals surface area contributed by atoms with E-state index in [2.05, 4.69) is 31.2 Å². The first kappa shape index (κ1) is 15.7. The lowest BCUT2D eigenvalue weighted by atomic mass is 10.1. The summed E-state index contributed by atoms with van der Waals surface area (Å²) in [6, 6.07) is 3.75. The Balaban J connectivity index is 2.60. The summed E-state index contributed by atoms with van der Waals surface area (Å²) < 4.78 is 5.97. The molecule has 6 heteroatoms. The summed E-state index contributed by atoms with van der Waals surface area (Å²) in [5.74, 6) is 1.61. The largest absolute Gasteiger partial charge is 0.507 e. The number of nitrogens with zero attached hydrogens (tertiary/aromatic N) is 2. The Morgan fingerprint density at radius 3 is 2.38 bits per heavy atom. The van der Waals surface area contributed by atoms with Gasteiger partial charge in [0.05, 0.1) is 16.8 Å². The monoisotopic (exact) mass is 351 g/mol. The molecule has 0 bridgehead atoms. The lowest BCUT2D eigenvalue weighted by Crippen LogP contribution is -2.04. The van der Waals surface area contributed by atoms with E-state index in [1.165, 1.54) is 0 Å². The molecule has 0 amide bonds. The fourth-order valence-electron chi connectivity index (χ4n) is 2.11. The molecular formula is C15H18BrN3O2. The maximum Gasteiger partial charge on any atom is 0.161 e. The summed E-state index contributed by atoms with van der Waals surface area (Å²) in [6.07, 6.45) is 0. The van der Waals surface area contributed by atoms with Gasteiger partial charge in [0.2, 0.25) is 0 Å². The molecule has 0 atom stereocenters. The number of methoxy groups -OCH3 is 1. The molecule has 0 aliphatic carbocycles. The molecule has 1 heterocycles. The Morgan fingerprint density at radius 1 is 1.24 bits per heavy atom. The third-order valence-electron chi connectivity index (χ3n) is 3.19. The van der Waals surface area contributed by atoms with E-state index in [1.54, 1.807) is 14.2 Å². The van der Waals surface area contributed by atoms with Crippen LogP contribution in [-0.4, -0.2) is 29.2 Å². The summed E-state index contributed by atoms with van der Waals surface area (Å²) in [5, 5.41) is 12.9. The van der Waals surface area contributed by atoms with E-state index in [1.807, 2.05) is 26.0 Å². The van der Waals surface area contributed by atoms with Gasteiger partial charge in [-0.25, -0.2) is 9.97 Å². The highest BCUT2D eigenvalue weighted by Gasteiger charge is 2.14. The molecule has 0 aliphatic heterocycles. The molecule has 112 valence electrons. The summed E-state index contributed by atoms with van der Waals surface area (Å²) in [6.45, 7) is 4.11. The number of hydrogen-bond donors (Lipinski definition) is 2. The maximum absolute atomic E-state index is 9.88. The molecule has 0 saturated carbocycles. The highest BCUT2D eigenvalue weighted by atomic mass is 79.9. The normalized spacial score (nSPS) is 10.7. The van der Waals surface area contributed by atoms with Crippen LogP contribution in [0.2, 0.25) is 0 Å². The Morgan fingerprint density at radius 2 is 1.86 bits per heavy atom.